The molecule has 5 heterocycles. The summed E-state index contributed by atoms with van der Waals surface area (Å²) in [6, 6.07) is -0.443. The van der Waals surface area contributed by atoms with E-state index in [1.807, 2.05) is 38.2 Å². The predicted octanol–water partition coefficient (Wildman–Crippen LogP) is 5.04. The number of hydrogen-bond acceptors (Lipinski definition) is 6. The summed E-state index contributed by atoms with van der Waals surface area (Å²) in [5.74, 6) is -1.41. The average Bonchev–Trinajstić information content (AvgIpc) is 3.91. The summed E-state index contributed by atoms with van der Waals surface area (Å²) in [5, 5.41) is 18.4. The number of aliphatic hydroxyl groups is 1. The Balaban J connectivity index is 0.00000620. The third-order valence-corrected chi connectivity index (χ3v) is 12.5. The van der Waals surface area contributed by atoms with E-state index in [2.05, 4.69) is 59.5 Å². The van der Waals surface area contributed by atoms with Gasteiger partial charge in [0.2, 0.25) is 0 Å². The van der Waals surface area contributed by atoms with Crippen molar-refractivity contribution in [3.63, 3.8) is 0 Å². The van der Waals surface area contributed by atoms with Gasteiger partial charge in [0, 0.05) is 23.3 Å². The fourth-order valence-electron chi connectivity index (χ4n) is 9.13. The van der Waals surface area contributed by atoms with Gasteiger partial charge in [0.05, 0.1) is 13.2 Å². The van der Waals surface area contributed by atoms with Gasteiger partial charge in [-0.2, -0.15) is 0 Å². The van der Waals surface area contributed by atoms with Crippen molar-refractivity contribution in [3.05, 3.63) is 90.1 Å². The van der Waals surface area contributed by atoms with E-state index in [9.17, 15) is 14.7 Å². The van der Waals surface area contributed by atoms with Crippen molar-refractivity contribution in [2.45, 2.75) is 113 Å². The Labute approximate surface area is 353 Å². The Morgan fingerprint density at radius 1 is 0.982 bits per heavy atom. The number of methoxy groups -OCH3 is 1. The zero-order chi connectivity index (χ0) is 40.4. The van der Waals surface area contributed by atoms with Gasteiger partial charge >= 0.3 is 35.0 Å². The molecule has 2 aliphatic heterocycles. The number of aliphatic hydroxyl groups excluding tert-OH is 1. The van der Waals surface area contributed by atoms with Crippen molar-refractivity contribution < 1.29 is 24.2 Å². The molecule has 1 fully saturated rings. The summed E-state index contributed by atoms with van der Waals surface area (Å²) in [7, 11) is 1.34. The Bertz CT molecular complexity index is 2340. The van der Waals surface area contributed by atoms with Crippen LogP contribution in [-0.4, -0.2) is 59.9 Å². The maximum absolute atomic E-state index is 13.6. The molecule has 5 atom stereocenters. The maximum Gasteiger partial charge on any atom is 2.00 e. The van der Waals surface area contributed by atoms with E-state index in [0.29, 0.717) is 28.3 Å². The molecule has 0 amide bonds. The fraction of sp³-hybridized carbons (Fsp3) is 0.489. The Hall–Kier alpha value is -4.15. The predicted molar refractivity (Wildman–Crippen MR) is 229 cm³/mol. The number of carbonyl (C=O) groups is 2. The quantitative estimate of drug-likeness (QED) is 0.131. The smallest absolute Gasteiger partial charge is 0.657 e. The van der Waals surface area contributed by atoms with Gasteiger partial charge < -0.3 is 34.8 Å². The second kappa shape index (κ2) is 18.6. The van der Waals surface area contributed by atoms with Crippen LogP contribution in [0.2, 0.25) is 0 Å². The van der Waals surface area contributed by atoms with Gasteiger partial charge in [0.1, 0.15) is 18.3 Å². The molecule has 9 nitrogen and oxygen atoms in total. The normalized spacial score (nSPS) is 22.3. The molecular weight excluding hydrogens is 725 g/mol. The summed E-state index contributed by atoms with van der Waals surface area (Å²) < 4.78 is 11.0. The van der Waals surface area contributed by atoms with Crippen molar-refractivity contribution in [1.29, 1.82) is 0 Å². The number of aromatic nitrogens is 3. The van der Waals surface area contributed by atoms with Crippen LogP contribution in [-0.2, 0) is 25.5 Å². The van der Waals surface area contributed by atoms with E-state index in [0.717, 1.165) is 80.8 Å². The van der Waals surface area contributed by atoms with Crippen molar-refractivity contribution >= 4 is 70.6 Å². The monoisotopic (exact) mass is 783 g/mol. The number of rotatable bonds is 14. The molecule has 8 bridgehead atoms. The Kier molecular flexibility index (Phi) is 14.4. The van der Waals surface area contributed by atoms with Crippen molar-refractivity contribution in [3.8, 4) is 0 Å². The average molecular weight is 784 g/mol. The first-order valence-electron chi connectivity index (χ1n) is 20.5. The third kappa shape index (κ3) is 8.68. The van der Waals surface area contributed by atoms with Crippen LogP contribution in [0.25, 0.3) is 35.6 Å². The standard InChI is InChI=1S/C47H59N4O5.Mg/c1-11-15-25(4)16-14-17-26(5)20-21-56-40(52)19-18-33-29(8)36-22-34-27(6)31(12-2)38(48-34)23-35-28(7)32(13-3)39(49-35)24-37-30(9)41-45(51-37)42(44(33)50-36)43(46(41)53)47(54)55-10;/h12,20,22-25,29,33,43-44,50,53H,2,11,13-19,21H2,1,3-10H3;/q-3;+2/b26-20-,35-23-,36-22+,39-24-;/t25-,29+,33+,43-,44?;/m1./s1. The number of ether oxygens (including phenoxy) is 2. The Morgan fingerprint density at radius 3 is 2.39 bits per heavy atom. The molecule has 1 unspecified atom stereocenters. The van der Waals surface area contributed by atoms with E-state index in [-0.39, 0.29) is 59.6 Å². The number of fused-ring (bicyclic) bond motifs is 8. The zero-order valence-electron chi connectivity index (χ0n) is 35.5. The van der Waals surface area contributed by atoms with E-state index in [1.165, 1.54) is 31.9 Å². The molecule has 0 spiro atoms. The molecule has 6 rings (SSSR count). The first-order valence-corrected chi connectivity index (χ1v) is 20.5. The van der Waals surface area contributed by atoms with Crippen LogP contribution in [0.5, 0.6) is 0 Å². The van der Waals surface area contributed by atoms with Crippen LogP contribution < -0.4 is 41.5 Å². The number of esters is 2. The van der Waals surface area contributed by atoms with Crippen LogP contribution in [0, 0.1) is 44.4 Å². The van der Waals surface area contributed by atoms with Crippen LogP contribution in [0.15, 0.2) is 23.9 Å². The van der Waals surface area contributed by atoms with Crippen molar-refractivity contribution in [1.82, 2.24) is 20.3 Å². The van der Waals surface area contributed by atoms with Gasteiger partial charge in [0.15, 0.2) is 0 Å². The SMILES string of the molecule is C=Cc1c2[n-]c(c1C)/C=C1/NC(C3=c4[n-]c(c(C)c4=C(O)[C@@H]3C(=O)OC)/C=c3\[n-]/c(c(C)c3CC)=C\2)[C@@H](CCC(=O)OC/C=C(/C)CCC[C@H](C)CCC)[C@@H]1C.[Mg+2]. The second-order valence-electron chi connectivity index (χ2n) is 16.1. The van der Waals surface area contributed by atoms with E-state index in [1.54, 1.807) is 0 Å². The van der Waals surface area contributed by atoms with Crippen LogP contribution >= 0.6 is 0 Å². The number of hydrogen-bond donors (Lipinski definition) is 2. The minimum absolute atomic E-state index is 0. The van der Waals surface area contributed by atoms with Crippen molar-refractivity contribution in [2.75, 3.05) is 13.7 Å². The van der Waals surface area contributed by atoms with E-state index < -0.39 is 17.9 Å². The third-order valence-electron chi connectivity index (χ3n) is 12.5. The number of nitrogens with zero attached hydrogens (tertiary/aromatic N) is 3. The molecule has 0 radical (unpaired) electrons. The minimum Gasteiger partial charge on any atom is -0.657 e. The van der Waals surface area contributed by atoms with Gasteiger partial charge in [-0.05, 0) is 82.4 Å². The van der Waals surface area contributed by atoms with Gasteiger partial charge in [0.25, 0.3) is 0 Å². The maximum atomic E-state index is 13.6. The minimum atomic E-state index is -1.04. The number of carbonyl (C=O) groups excluding carboxylic acids is 2. The molecule has 0 aromatic carbocycles. The van der Waals surface area contributed by atoms with E-state index >= 15 is 0 Å². The van der Waals surface area contributed by atoms with Gasteiger partial charge in [-0.1, -0.05) is 106 Å². The summed E-state index contributed by atoms with van der Waals surface area (Å²) in [6.45, 7) is 21.3. The first kappa shape index (κ1) is 44.0. The summed E-state index contributed by atoms with van der Waals surface area (Å²) in [4.78, 5) is 42.2. The molecule has 1 aliphatic carbocycles. The van der Waals surface area contributed by atoms with Crippen LogP contribution in [0.1, 0.15) is 124 Å². The molecule has 10 heteroatoms. The molecular formula is C47H59MgN4O5-. The first-order chi connectivity index (χ1) is 26.8. The molecule has 57 heavy (non-hydrogen) atoms. The topological polar surface area (TPSA) is 127 Å². The molecule has 300 valence electrons. The molecule has 3 aliphatic rings. The number of nitrogens with one attached hydrogen (secondary N) is 1. The molecule has 1 saturated heterocycles. The largest absolute Gasteiger partial charge is 2.00 e. The summed E-state index contributed by atoms with van der Waals surface area (Å²) in [5.41, 5.74) is 10.0. The van der Waals surface area contributed by atoms with Gasteiger partial charge in [-0.15, -0.1) is 33.1 Å². The second-order valence-corrected chi connectivity index (χ2v) is 16.1. The van der Waals surface area contributed by atoms with Crippen molar-refractivity contribution in [2.24, 2.45) is 23.7 Å². The summed E-state index contributed by atoms with van der Waals surface area (Å²) in [6.07, 6.45) is 17.2. The summed E-state index contributed by atoms with van der Waals surface area (Å²) >= 11 is 0. The fourth-order valence-corrected chi connectivity index (χ4v) is 9.13. The molecule has 3 aromatic heterocycles. The Morgan fingerprint density at radius 2 is 1.70 bits per heavy atom. The van der Waals surface area contributed by atoms with Crippen LogP contribution in [0.3, 0.4) is 0 Å². The number of allylic oxidation sites excluding steroid dienone is 2. The molecule has 3 aromatic rings. The van der Waals surface area contributed by atoms with E-state index in [4.69, 9.17) is 24.4 Å². The zero-order valence-corrected chi connectivity index (χ0v) is 36.9. The van der Waals surface area contributed by atoms with Gasteiger partial charge in [-0.25, -0.2) is 0 Å². The van der Waals surface area contributed by atoms with Gasteiger partial charge in [-0.3, -0.25) is 9.59 Å². The molecule has 2 N–H and O–H groups in total. The van der Waals surface area contributed by atoms with Crippen LogP contribution in [0.4, 0.5) is 0 Å². The molecule has 0 saturated carbocycles.